The van der Waals surface area contributed by atoms with E-state index in [1.54, 1.807) is 19.9 Å². The molecule has 0 aliphatic heterocycles. The highest BCUT2D eigenvalue weighted by atomic mass is 16.6. The van der Waals surface area contributed by atoms with Gasteiger partial charge >= 0.3 is 5.69 Å². The summed E-state index contributed by atoms with van der Waals surface area (Å²) in [6, 6.07) is 1.67. The normalized spacial score (nSPS) is 10.6. The first-order valence-corrected chi connectivity index (χ1v) is 5.22. The molecule has 2 aromatic heterocycles. The second kappa shape index (κ2) is 4.06. The fourth-order valence-electron chi connectivity index (χ4n) is 1.74. The number of nitrogens with two attached hydrogens (primary N) is 1. The van der Waals surface area contributed by atoms with Gasteiger partial charge in [-0.25, -0.2) is 9.97 Å². The molecule has 8 nitrogen and oxygen atoms in total. The third kappa shape index (κ3) is 1.88. The molecule has 0 fully saturated rings. The molecule has 0 aliphatic carbocycles. The van der Waals surface area contributed by atoms with Crippen LogP contribution in [-0.4, -0.2) is 24.7 Å². The van der Waals surface area contributed by atoms with Crippen molar-refractivity contribution in [3.05, 3.63) is 33.4 Å². The third-order valence-corrected chi connectivity index (χ3v) is 2.42. The highest BCUT2D eigenvalue weighted by Crippen LogP contribution is 2.27. The number of rotatable bonds is 2. The standard InChI is InChI=1S/C10H12N6O2/c1-5-4-8(13-7(3)12-5)15-10(11)9(16(17)18)6(2)14-15/h4H,11H2,1-3H3. The van der Waals surface area contributed by atoms with E-state index in [2.05, 4.69) is 15.1 Å². The molecule has 94 valence electrons. The Morgan fingerprint density at radius 3 is 2.50 bits per heavy atom. The van der Waals surface area contributed by atoms with E-state index < -0.39 is 4.92 Å². The van der Waals surface area contributed by atoms with Gasteiger partial charge in [-0.2, -0.15) is 9.78 Å². The SMILES string of the molecule is Cc1cc(-n2nc(C)c([N+](=O)[O-])c2N)nc(C)n1. The molecule has 0 amide bonds. The summed E-state index contributed by atoms with van der Waals surface area (Å²) in [5.74, 6) is 0.948. The van der Waals surface area contributed by atoms with Gasteiger partial charge in [0.2, 0.25) is 5.82 Å². The number of nitrogens with zero attached hydrogens (tertiary/aromatic N) is 5. The van der Waals surface area contributed by atoms with Crippen LogP contribution in [-0.2, 0) is 0 Å². The Morgan fingerprint density at radius 1 is 1.33 bits per heavy atom. The number of nitro groups is 1. The van der Waals surface area contributed by atoms with Crippen molar-refractivity contribution < 1.29 is 4.92 Å². The number of hydrogen-bond donors (Lipinski definition) is 1. The van der Waals surface area contributed by atoms with Crippen LogP contribution in [0, 0.1) is 30.9 Å². The maximum Gasteiger partial charge on any atom is 0.333 e. The molecule has 0 atom stereocenters. The van der Waals surface area contributed by atoms with Crippen molar-refractivity contribution in [1.82, 2.24) is 19.7 Å². The van der Waals surface area contributed by atoms with Gasteiger partial charge in [-0.1, -0.05) is 0 Å². The van der Waals surface area contributed by atoms with Crippen LogP contribution in [0.2, 0.25) is 0 Å². The zero-order valence-electron chi connectivity index (χ0n) is 10.2. The average Bonchev–Trinajstić information content (AvgIpc) is 2.52. The monoisotopic (exact) mass is 248 g/mol. The first kappa shape index (κ1) is 12.0. The number of aryl methyl sites for hydroxylation is 3. The van der Waals surface area contributed by atoms with E-state index in [1.165, 1.54) is 11.6 Å². The molecule has 2 rings (SSSR count). The first-order chi connectivity index (χ1) is 8.40. The molecular formula is C10H12N6O2. The zero-order valence-corrected chi connectivity index (χ0v) is 10.2. The Morgan fingerprint density at radius 2 is 2.00 bits per heavy atom. The molecule has 18 heavy (non-hydrogen) atoms. The van der Waals surface area contributed by atoms with E-state index in [4.69, 9.17) is 5.73 Å². The third-order valence-electron chi connectivity index (χ3n) is 2.42. The van der Waals surface area contributed by atoms with E-state index in [0.29, 0.717) is 11.6 Å². The molecule has 0 spiro atoms. The zero-order chi connectivity index (χ0) is 13.4. The van der Waals surface area contributed by atoms with Crippen molar-refractivity contribution in [1.29, 1.82) is 0 Å². The molecule has 2 heterocycles. The maximum atomic E-state index is 10.9. The summed E-state index contributed by atoms with van der Waals surface area (Å²) in [4.78, 5) is 18.6. The minimum absolute atomic E-state index is 0.0324. The lowest BCUT2D eigenvalue weighted by atomic mass is 10.4. The van der Waals surface area contributed by atoms with Gasteiger partial charge in [0.05, 0.1) is 4.92 Å². The molecular weight excluding hydrogens is 236 g/mol. The molecule has 0 saturated heterocycles. The minimum atomic E-state index is -0.547. The van der Waals surface area contributed by atoms with Gasteiger partial charge in [-0.05, 0) is 20.8 Å². The highest BCUT2D eigenvalue weighted by Gasteiger charge is 2.24. The van der Waals surface area contributed by atoms with Gasteiger partial charge < -0.3 is 5.73 Å². The molecule has 0 aliphatic rings. The Hall–Kier alpha value is -2.51. The van der Waals surface area contributed by atoms with Gasteiger partial charge in [-0.15, -0.1) is 0 Å². The van der Waals surface area contributed by atoms with Gasteiger partial charge in [0.15, 0.2) is 5.82 Å². The van der Waals surface area contributed by atoms with Crippen LogP contribution in [0.1, 0.15) is 17.2 Å². The number of nitrogen functional groups attached to an aromatic ring is 1. The van der Waals surface area contributed by atoms with E-state index >= 15 is 0 Å². The summed E-state index contributed by atoms with van der Waals surface area (Å²) in [5, 5.41) is 14.9. The van der Waals surface area contributed by atoms with Crippen LogP contribution < -0.4 is 5.73 Å². The second-order valence-electron chi connectivity index (χ2n) is 3.90. The molecule has 0 aromatic carbocycles. The van der Waals surface area contributed by atoms with Crippen LogP contribution in [0.5, 0.6) is 0 Å². The van der Waals surface area contributed by atoms with Gasteiger partial charge in [-0.3, -0.25) is 10.1 Å². The summed E-state index contributed by atoms with van der Waals surface area (Å²) in [5.41, 5.74) is 6.54. The van der Waals surface area contributed by atoms with Gasteiger partial charge in [0.1, 0.15) is 11.5 Å². The van der Waals surface area contributed by atoms with Crippen molar-refractivity contribution in [3.63, 3.8) is 0 Å². The molecule has 0 bridgehead atoms. The predicted octanol–water partition coefficient (Wildman–Crippen LogP) is 1.08. The molecule has 2 aromatic rings. The smallest absolute Gasteiger partial charge is 0.333 e. The lowest BCUT2D eigenvalue weighted by Gasteiger charge is -2.04. The topological polar surface area (TPSA) is 113 Å². The lowest BCUT2D eigenvalue weighted by molar-refractivity contribution is -0.384. The fourth-order valence-corrected chi connectivity index (χ4v) is 1.74. The minimum Gasteiger partial charge on any atom is -0.378 e. The van der Waals surface area contributed by atoms with Crippen LogP contribution in [0.3, 0.4) is 0 Å². The second-order valence-corrected chi connectivity index (χ2v) is 3.90. The number of hydrogen-bond acceptors (Lipinski definition) is 6. The fraction of sp³-hybridized carbons (Fsp3) is 0.300. The summed E-state index contributed by atoms with van der Waals surface area (Å²) in [6.45, 7) is 5.07. The Kier molecular flexibility index (Phi) is 2.70. The summed E-state index contributed by atoms with van der Waals surface area (Å²) in [7, 11) is 0. The first-order valence-electron chi connectivity index (χ1n) is 5.22. The summed E-state index contributed by atoms with van der Waals surface area (Å²) in [6.07, 6.45) is 0. The molecule has 0 unspecified atom stereocenters. The van der Waals surface area contributed by atoms with Crippen molar-refractivity contribution in [2.45, 2.75) is 20.8 Å². The number of aromatic nitrogens is 4. The molecule has 0 radical (unpaired) electrons. The Bertz CT molecular complexity index is 613. The molecule has 0 saturated carbocycles. The van der Waals surface area contributed by atoms with E-state index in [0.717, 1.165) is 5.69 Å². The average molecular weight is 248 g/mol. The van der Waals surface area contributed by atoms with E-state index in [9.17, 15) is 10.1 Å². The van der Waals surface area contributed by atoms with Crippen LogP contribution >= 0.6 is 0 Å². The van der Waals surface area contributed by atoms with Crippen molar-refractivity contribution in [3.8, 4) is 5.82 Å². The van der Waals surface area contributed by atoms with Gasteiger partial charge in [0.25, 0.3) is 0 Å². The van der Waals surface area contributed by atoms with Crippen molar-refractivity contribution in [2.75, 3.05) is 5.73 Å². The van der Waals surface area contributed by atoms with Crippen LogP contribution in [0.25, 0.3) is 5.82 Å². The van der Waals surface area contributed by atoms with Crippen LogP contribution in [0.4, 0.5) is 11.5 Å². The van der Waals surface area contributed by atoms with E-state index in [1.807, 2.05) is 0 Å². The quantitative estimate of drug-likeness (QED) is 0.628. The maximum absolute atomic E-state index is 10.9. The lowest BCUT2D eigenvalue weighted by Crippen LogP contribution is -2.07. The van der Waals surface area contributed by atoms with Crippen molar-refractivity contribution in [2.24, 2.45) is 0 Å². The largest absolute Gasteiger partial charge is 0.378 e. The Balaban J connectivity index is 2.65. The van der Waals surface area contributed by atoms with Crippen LogP contribution in [0.15, 0.2) is 6.07 Å². The number of anilines is 1. The highest BCUT2D eigenvalue weighted by molar-refractivity contribution is 5.58. The summed E-state index contributed by atoms with van der Waals surface area (Å²) < 4.78 is 1.26. The molecule has 8 heteroatoms. The molecule has 2 N–H and O–H groups in total. The van der Waals surface area contributed by atoms with Crippen molar-refractivity contribution >= 4 is 11.5 Å². The van der Waals surface area contributed by atoms with Gasteiger partial charge in [0, 0.05) is 11.8 Å². The Labute approximate surface area is 103 Å². The summed E-state index contributed by atoms with van der Waals surface area (Å²) >= 11 is 0. The van der Waals surface area contributed by atoms with E-state index in [-0.39, 0.29) is 17.2 Å². The predicted molar refractivity (Wildman–Crippen MR) is 64.4 cm³/mol.